The number of aromatic nitrogens is 2. The normalized spacial score (nSPS) is 11.7. The lowest BCUT2D eigenvalue weighted by molar-refractivity contribution is 0.0950. The van der Waals surface area contributed by atoms with Crippen LogP contribution in [0.2, 0.25) is 0 Å². The standard InChI is InChI=1S/C16H20N4O3/c1-16(2,3)13-8-11(18-19-13)15(22)20-17-9-10-6-5-7-12(23-4)14(10)21/h5-9,21H,1-4H3,(H,18,19)(H,20,22)/b17-9+. The maximum absolute atomic E-state index is 12.0. The van der Waals surface area contributed by atoms with E-state index in [9.17, 15) is 9.90 Å². The minimum atomic E-state index is -0.435. The van der Waals surface area contributed by atoms with E-state index in [0.717, 1.165) is 5.69 Å². The summed E-state index contributed by atoms with van der Waals surface area (Å²) in [4.78, 5) is 12.0. The molecule has 1 heterocycles. The molecule has 0 bridgehead atoms. The Labute approximate surface area is 134 Å². The van der Waals surface area contributed by atoms with E-state index in [1.54, 1.807) is 24.3 Å². The lowest BCUT2D eigenvalue weighted by Crippen LogP contribution is -2.18. The molecule has 2 aromatic rings. The van der Waals surface area contributed by atoms with Crippen LogP contribution >= 0.6 is 0 Å². The summed E-state index contributed by atoms with van der Waals surface area (Å²) < 4.78 is 5.00. The molecular weight excluding hydrogens is 296 g/mol. The van der Waals surface area contributed by atoms with Crippen LogP contribution in [0.3, 0.4) is 0 Å². The summed E-state index contributed by atoms with van der Waals surface area (Å²) in [5, 5.41) is 20.6. The van der Waals surface area contributed by atoms with Gasteiger partial charge in [0.05, 0.1) is 13.3 Å². The average molecular weight is 316 g/mol. The molecule has 1 aromatic heterocycles. The van der Waals surface area contributed by atoms with Crippen molar-refractivity contribution in [3.05, 3.63) is 41.2 Å². The number of methoxy groups -OCH3 is 1. The van der Waals surface area contributed by atoms with E-state index in [0.29, 0.717) is 11.3 Å². The van der Waals surface area contributed by atoms with Gasteiger partial charge in [0, 0.05) is 16.7 Å². The lowest BCUT2D eigenvalue weighted by atomic mass is 9.92. The van der Waals surface area contributed by atoms with Gasteiger partial charge in [0.1, 0.15) is 0 Å². The maximum Gasteiger partial charge on any atom is 0.291 e. The molecule has 0 saturated carbocycles. The Bertz CT molecular complexity index is 729. The molecule has 0 unspecified atom stereocenters. The molecule has 0 aliphatic heterocycles. The minimum Gasteiger partial charge on any atom is -0.504 e. The van der Waals surface area contributed by atoms with Crippen LogP contribution in [-0.2, 0) is 5.41 Å². The number of phenols is 1. The van der Waals surface area contributed by atoms with E-state index in [1.165, 1.54) is 13.3 Å². The van der Waals surface area contributed by atoms with Crippen LogP contribution in [0.1, 0.15) is 42.5 Å². The number of ether oxygens (including phenoxy) is 1. The van der Waals surface area contributed by atoms with Gasteiger partial charge in [-0.15, -0.1) is 0 Å². The first-order chi connectivity index (χ1) is 10.8. The van der Waals surface area contributed by atoms with Crippen molar-refractivity contribution in [1.82, 2.24) is 15.6 Å². The van der Waals surface area contributed by atoms with Gasteiger partial charge in [-0.25, -0.2) is 5.43 Å². The number of hydrazone groups is 1. The van der Waals surface area contributed by atoms with Gasteiger partial charge in [-0.05, 0) is 18.2 Å². The SMILES string of the molecule is COc1cccc(/C=N/NC(=O)c2cc(C(C)(C)C)[nH]n2)c1O. The van der Waals surface area contributed by atoms with E-state index in [-0.39, 0.29) is 16.9 Å². The van der Waals surface area contributed by atoms with E-state index < -0.39 is 5.91 Å². The fourth-order valence-electron chi connectivity index (χ4n) is 1.85. The molecule has 2 rings (SSSR count). The number of para-hydroxylation sites is 1. The molecule has 23 heavy (non-hydrogen) atoms. The van der Waals surface area contributed by atoms with Gasteiger partial charge >= 0.3 is 0 Å². The number of aromatic hydroxyl groups is 1. The van der Waals surface area contributed by atoms with Crippen molar-refractivity contribution < 1.29 is 14.6 Å². The quantitative estimate of drug-likeness (QED) is 0.594. The Morgan fingerprint density at radius 1 is 1.43 bits per heavy atom. The van der Waals surface area contributed by atoms with Gasteiger partial charge in [-0.1, -0.05) is 26.8 Å². The molecule has 0 aliphatic carbocycles. The van der Waals surface area contributed by atoms with Crippen LogP contribution in [0.4, 0.5) is 0 Å². The summed E-state index contributed by atoms with van der Waals surface area (Å²) in [6, 6.07) is 6.68. The first kappa shape index (κ1) is 16.5. The molecular formula is C16H20N4O3. The average Bonchev–Trinajstić information content (AvgIpc) is 2.99. The molecule has 3 N–H and O–H groups in total. The van der Waals surface area contributed by atoms with Crippen molar-refractivity contribution in [2.24, 2.45) is 5.10 Å². The summed E-state index contributed by atoms with van der Waals surface area (Å²) >= 11 is 0. The number of carbonyl (C=O) groups excluding carboxylic acids is 1. The van der Waals surface area contributed by atoms with Crippen molar-refractivity contribution >= 4 is 12.1 Å². The molecule has 0 fully saturated rings. The third-order valence-electron chi connectivity index (χ3n) is 3.24. The van der Waals surface area contributed by atoms with Gasteiger partial charge < -0.3 is 9.84 Å². The molecule has 1 aromatic carbocycles. The summed E-state index contributed by atoms with van der Waals surface area (Å²) in [5.74, 6) is -0.138. The van der Waals surface area contributed by atoms with Crippen molar-refractivity contribution in [2.75, 3.05) is 7.11 Å². The second-order valence-electron chi connectivity index (χ2n) is 6.01. The van der Waals surface area contributed by atoms with Crippen LogP contribution in [0.25, 0.3) is 0 Å². The number of nitrogens with zero attached hydrogens (tertiary/aromatic N) is 2. The highest BCUT2D eigenvalue weighted by Crippen LogP contribution is 2.27. The number of amides is 1. The summed E-state index contributed by atoms with van der Waals surface area (Å²) in [6.45, 7) is 6.06. The molecule has 0 aliphatic rings. The van der Waals surface area contributed by atoms with Gasteiger partial charge in [0.2, 0.25) is 0 Å². The number of aromatic amines is 1. The Morgan fingerprint density at radius 2 is 2.17 bits per heavy atom. The summed E-state index contributed by atoms with van der Waals surface area (Å²) in [6.07, 6.45) is 1.34. The second kappa shape index (κ2) is 6.51. The van der Waals surface area contributed by atoms with Crippen LogP contribution in [0.15, 0.2) is 29.4 Å². The molecule has 0 saturated heterocycles. The number of nitrogens with one attached hydrogen (secondary N) is 2. The molecule has 122 valence electrons. The first-order valence-corrected chi connectivity index (χ1v) is 7.08. The van der Waals surface area contributed by atoms with E-state index in [1.807, 2.05) is 20.8 Å². The highest BCUT2D eigenvalue weighted by Gasteiger charge is 2.19. The Hall–Kier alpha value is -2.83. The number of rotatable bonds is 4. The van der Waals surface area contributed by atoms with Crippen LogP contribution in [0, 0.1) is 0 Å². The van der Waals surface area contributed by atoms with Gasteiger partial charge in [0.15, 0.2) is 17.2 Å². The maximum atomic E-state index is 12.0. The minimum absolute atomic E-state index is 0.0391. The molecule has 0 radical (unpaired) electrons. The fraction of sp³-hybridized carbons (Fsp3) is 0.312. The van der Waals surface area contributed by atoms with Crippen molar-refractivity contribution in [3.63, 3.8) is 0 Å². The smallest absolute Gasteiger partial charge is 0.291 e. The molecule has 0 atom stereocenters. The van der Waals surface area contributed by atoms with Crippen molar-refractivity contribution in [2.45, 2.75) is 26.2 Å². The van der Waals surface area contributed by atoms with E-state index in [4.69, 9.17) is 4.74 Å². The highest BCUT2D eigenvalue weighted by atomic mass is 16.5. The van der Waals surface area contributed by atoms with Crippen molar-refractivity contribution in [3.8, 4) is 11.5 Å². The second-order valence-corrected chi connectivity index (χ2v) is 6.01. The number of hydrogen-bond donors (Lipinski definition) is 3. The number of hydrogen-bond acceptors (Lipinski definition) is 5. The zero-order valence-electron chi connectivity index (χ0n) is 13.5. The van der Waals surface area contributed by atoms with Gasteiger partial charge in [-0.2, -0.15) is 10.2 Å². The summed E-state index contributed by atoms with van der Waals surface area (Å²) in [7, 11) is 1.46. The molecule has 0 spiro atoms. The molecule has 7 heteroatoms. The third kappa shape index (κ3) is 3.88. The van der Waals surface area contributed by atoms with Gasteiger partial charge in [0.25, 0.3) is 5.91 Å². The number of benzene rings is 1. The zero-order valence-corrected chi connectivity index (χ0v) is 13.5. The summed E-state index contributed by atoms with van der Waals surface area (Å²) in [5.41, 5.74) is 3.79. The largest absolute Gasteiger partial charge is 0.504 e. The number of carbonyl (C=O) groups is 1. The van der Waals surface area contributed by atoms with Crippen LogP contribution < -0.4 is 10.2 Å². The van der Waals surface area contributed by atoms with Crippen LogP contribution in [-0.4, -0.2) is 34.5 Å². The van der Waals surface area contributed by atoms with E-state index in [2.05, 4.69) is 20.7 Å². The Kier molecular flexibility index (Phi) is 4.68. The predicted molar refractivity (Wildman–Crippen MR) is 87.0 cm³/mol. The van der Waals surface area contributed by atoms with Crippen LogP contribution in [0.5, 0.6) is 11.5 Å². The lowest BCUT2D eigenvalue weighted by Gasteiger charge is -2.14. The highest BCUT2D eigenvalue weighted by molar-refractivity contribution is 5.93. The number of phenolic OH excluding ortho intramolecular Hbond substituents is 1. The van der Waals surface area contributed by atoms with Crippen molar-refractivity contribution in [1.29, 1.82) is 0 Å². The monoisotopic (exact) mass is 316 g/mol. The molecule has 1 amide bonds. The predicted octanol–water partition coefficient (Wildman–Crippen LogP) is 2.19. The Balaban J connectivity index is 2.06. The third-order valence-corrected chi connectivity index (χ3v) is 3.24. The van der Waals surface area contributed by atoms with E-state index >= 15 is 0 Å². The zero-order chi connectivity index (χ0) is 17.0. The first-order valence-electron chi connectivity index (χ1n) is 7.08. The number of H-pyrrole nitrogens is 1. The fourth-order valence-corrected chi connectivity index (χ4v) is 1.85. The topological polar surface area (TPSA) is 99.6 Å². The molecule has 7 nitrogen and oxygen atoms in total. The van der Waals surface area contributed by atoms with Gasteiger partial charge in [-0.3, -0.25) is 9.89 Å². The Morgan fingerprint density at radius 3 is 2.78 bits per heavy atom.